The number of ether oxygens (including phenoxy) is 1. The molecule has 27 heavy (non-hydrogen) atoms. The number of sulfonamides is 1. The fraction of sp³-hybridized carbons (Fsp3) is 0.182. The topological polar surface area (TPSA) is 55.4 Å². The molecule has 3 aromatic rings. The molecule has 5 heteroatoms. The number of nitrogens with one attached hydrogen (secondary N) is 1. The van der Waals surface area contributed by atoms with Crippen LogP contribution in [0.5, 0.6) is 5.75 Å². The summed E-state index contributed by atoms with van der Waals surface area (Å²) in [7, 11) is -2.14. The molecule has 3 rings (SSSR count). The molecule has 0 aliphatic carbocycles. The van der Waals surface area contributed by atoms with Gasteiger partial charge in [-0.1, -0.05) is 62.4 Å². The SMILES string of the molecule is COc1ccc(S(=O)(=O)Nc2ccccc2-c2ccccc2)cc1C(C)C. The van der Waals surface area contributed by atoms with Crippen molar-refractivity contribution in [3.05, 3.63) is 78.4 Å². The number of para-hydroxylation sites is 1. The van der Waals surface area contributed by atoms with Crippen LogP contribution >= 0.6 is 0 Å². The number of hydrogen-bond acceptors (Lipinski definition) is 3. The molecule has 0 aliphatic rings. The smallest absolute Gasteiger partial charge is 0.261 e. The minimum absolute atomic E-state index is 0.145. The van der Waals surface area contributed by atoms with E-state index in [1.165, 1.54) is 0 Å². The Hall–Kier alpha value is -2.79. The van der Waals surface area contributed by atoms with E-state index < -0.39 is 10.0 Å². The van der Waals surface area contributed by atoms with Crippen LogP contribution in [0.4, 0.5) is 5.69 Å². The van der Waals surface area contributed by atoms with Gasteiger partial charge in [0, 0.05) is 5.56 Å². The molecule has 0 spiro atoms. The molecule has 0 radical (unpaired) electrons. The van der Waals surface area contributed by atoms with Gasteiger partial charge in [0.1, 0.15) is 5.75 Å². The molecule has 0 saturated carbocycles. The van der Waals surface area contributed by atoms with E-state index in [1.54, 1.807) is 31.4 Å². The lowest BCUT2D eigenvalue weighted by Crippen LogP contribution is -2.14. The summed E-state index contributed by atoms with van der Waals surface area (Å²) in [4.78, 5) is 0.217. The van der Waals surface area contributed by atoms with Gasteiger partial charge in [-0.15, -0.1) is 0 Å². The molecule has 140 valence electrons. The Labute approximate surface area is 160 Å². The molecular weight excluding hydrogens is 358 g/mol. The summed E-state index contributed by atoms with van der Waals surface area (Å²) in [5, 5.41) is 0. The second kappa shape index (κ2) is 7.84. The molecular formula is C22H23NO3S. The van der Waals surface area contributed by atoms with Gasteiger partial charge in [0.2, 0.25) is 0 Å². The van der Waals surface area contributed by atoms with Crippen LogP contribution in [0.1, 0.15) is 25.3 Å². The molecule has 0 bridgehead atoms. The van der Waals surface area contributed by atoms with Crippen LogP contribution < -0.4 is 9.46 Å². The Balaban J connectivity index is 2.00. The molecule has 0 aromatic heterocycles. The predicted molar refractivity (Wildman–Crippen MR) is 110 cm³/mol. The minimum Gasteiger partial charge on any atom is -0.496 e. The summed E-state index contributed by atoms with van der Waals surface area (Å²) in [5.41, 5.74) is 3.19. The summed E-state index contributed by atoms with van der Waals surface area (Å²) in [6.45, 7) is 4.01. The van der Waals surface area contributed by atoms with Crippen molar-refractivity contribution in [2.75, 3.05) is 11.8 Å². The van der Waals surface area contributed by atoms with Gasteiger partial charge in [0.05, 0.1) is 17.7 Å². The van der Waals surface area contributed by atoms with Crippen molar-refractivity contribution in [2.45, 2.75) is 24.7 Å². The van der Waals surface area contributed by atoms with E-state index in [0.717, 1.165) is 16.7 Å². The summed E-state index contributed by atoms with van der Waals surface area (Å²) in [6.07, 6.45) is 0. The number of rotatable bonds is 6. The first kappa shape index (κ1) is 19.0. The Morgan fingerprint density at radius 2 is 1.56 bits per heavy atom. The maximum absolute atomic E-state index is 13.0. The summed E-state index contributed by atoms with van der Waals surface area (Å²) in [6, 6.07) is 22.0. The van der Waals surface area contributed by atoms with Gasteiger partial charge >= 0.3 is 0 Å². The molecule has 3 aromatic carbocycles. The highest BCUT2D eigenvalue weighted by molar-refractivity contribution is 7.92. The second-order valence-corrected chi connectivity index (χ2v) is 8.26. The lowest BCUT2D eigenvalue weighted by Gasteiger charge is -2.16. The maximum atomic E-state index is 13.0. The molecule has 0 heterocycles. The molecule has 4 nitrogen and oxygen atoms in total. The molecule has 0 atom stereocenters. The standard InChI is InChI=1S/C22H23NO3S/c1-16(2)20-15-18(13-14-22(20)26-3)27(24,25)23-21-12-8-7-11-19(21)17-9-5-4-6-10-17/h4-16,23H,1-3H3. The van der Waals surface area contributed by atoms with Crippen molar-refractivity contribution in [1.82, 2.24) is 0 Å². The lowest BCUT2D eigenvalue weighted by atomic mass is 10.0. The largest absolute Gasteiger partial charge is 0.496 e. The molecule has 0 fully saturated rings. The Morgan fingerprint density at radius 1 is 0.889 bits per heavy atom. The van der Waals surface area contributed by atoms with Crippen molar-refractivity contribution in [3.8, 4) is 16.9 Å². The van der Waals surface area contributed by atoms with Crippen LogP contribution in [-0.4, -0.2) is 15.5 Å². The number of anilines is 1. The van der Waals surface area contributed by atoms with E-state index in [1.807, 2.05) is 62.4 Å². The summed E-state index contributed by atoms with van der Waals surface area (Å²) >= 11 is 0. The average Bonchev–Trinajstić information content (AvgIpc) is 2.68. The zero-order chi connectivity index (χ0) is 19.4. The Kier molecular flexibility index (Phi) is 5.51. The van der Waals surface area contributed by atoms with Crippen LogP contribution in [0, 0.1) is 0 Å². The van der Waals surface area contributed by atoms with Gasteiger partial charge in [-0.25, -0.2) is 8.42 Å². The van der Waals surface area contributed by atoms with Gasteiger partial charge in [-0.2, -0.15) is 0 Å². The lowest BCUT2D eigenvalue weighted by molar-refractivity contribution is 0.407. The highest BCUT2D eigenvalue weighted by Gasteiger charge is 2.19. The van der Waals surface area contributed by atoms with Crippen LogP contribution in [0.3, 0.4) is 0 Å². The number of benzene rings is 3. The predicted octanol–water partition coefficient (Wildman–Crippen LogP) is 5.29. The van der Waals surface area contributed by atoms with E-state index in [9.17, 15) is 8.42 Å². The minimum atomic E-state index is -3.73. The monoisotopic (exact) mass is 381 g/mol. The molecule has 0 saturated heterocycles. The van der Waals surface area contributed by atoms with E-state index in [0.29, 0.717) is 11.4 Å². The fourth-order valence-corrected chi connectivity index (χ4v) is 4.09. The highest BCUT2D eigenvalue weighted by atomic mass is 32.2. The van der Waals surface area contributed by atoms with E-state index in [-0.39, 0.29) is 10.8 Å². The Morgan fingerprint density at radius 3 is 2.22 bits per heavy atom. The second-order valence-electron chi connectivity index (χ2n) is 6.58. The fourth-order valence-electron chi connectivity index (χ4n) is 2.98. The van der Waals surface area contributed by atoms with Crippen molar-refractivity contribution in [2.24, 2.45) is 0 Å². The zero-order valence-electron chi connectivity index (χ0n) is 15.6. The quantitative estimate of drug-likeness (QED) is 0.631. The van der Waals surface area contributed by atoms with Crippen LogP contribution in [0.15, 0.2) is 77.7 Å². The first-order valence-electron chi connectivity index (χ1n) is 8.77. The molecule has 0 amide bonds. The first-order valence-corrected chi connectivity index (χ1v) is 10.3. The van der Waals surface area contributed by atoms with Gasteiger partial charge in [-0.3, -0.25) is 4.72 Å². The third kappa shape index (κ3) is 4.14. The van der Waals surface area contributed by atoms with Crippen molar-refractivity contribution in [1.29, 1.82) is 0 Å². The third-order valence-corrected chi connectivity index (χ3v) is 5.75. The van der Waals surface area contributed by atoms with Crippen molar-refractivity contribution >= 4 is 15.7 Å². The molecule has 0 aliphatic heterocycles. The first-order chi connectivity index (χ1) is 12.9. The van der Waals surface area contributed by atoms with Gasteiger partial charge in [0.25, 0.3) is 10.0 Å². The van der Waals surface area contributed by atoms with Crippen LogP contribution in [0.2, 0.25) is 0 Å². The van der Waals surface area contributed by atoms with E-state index in [2.05, 4.69) is 4.72 Å². The van der Waals surface area contributed by atoms with Crippen LogP contribution in [-0.2, 0) is 10.0 Å². The van der Waals surface area contributed by atoms with Crippen molar-refractivity contribution in [3.63, 3.8) is 0 Å². The normalized spacial score (nSPS) is 11.4. The third-order valence-electron chi connectivity index (χ3n) is 4.39. The van der Waals surface area contributed by atoms with E-state index in [4.69, 9.17) is 4.74 Å². The highest BCUT2D eigenvalue weighted by Crippen LogP contribution is 2.32. The zero-order valence-corrected chi connectivity index (χ0v) is 16.5. The number of hydrogen-bond donors (Lipinski definition) is 1. The van der Waals surface area contributed by atoms with Crippen molar-refractivity contribution < 1.29 is 13.2 Å². The van der Waals surface area contributed by atoms with E-state index >= 15 is 0 Å². The van der Waals surface area contributed by atoms with Gasteiger partial charge < -0.3 is 4.74 Å². The Bertz CT molecular complexity index is 1030. The molecule has 1 N–H and O–H groups in total. The van der Waals surface area contributed by atoms with Crippen LogP contribution in [0.25, 0.3) is 11.1 Å². The number of methoxy groups -OCH3 is 1. The summed E-state index contributed by atoms with van der Waals surface area (Å²) in [5.74, 6) is 0.834. The average molecular weight is 381 g/mol. The molecule has 0 unspecified atom stereocenters. The van der Waals surface area contributed by atoms with Gasteiger partial charge in [0.15, 0.2) is 0 Å². The van der Waals surface area contributed by atoms with Gasteiger partial charge in [-0.05, 0) is 41.3 Å². The summed E-state index contributed by atoms with van der Waals surface area (Å²) < 4.78 is 34.1. The maximum Gasteiger partial charge on any atom is 0.261 e.